The highest BCUT2D eigenvalue weighted by Crippen LogP contribution is 2.17. The summed E-state index contributed by atoms with van der Waals surface area (Å²) in [7, 11) is 0. The summed E-state index contributed by atoms with van der Waals surface area (Å²) in [4.78, 5) is 17.3. The molecule has 0 N–H and O–H groups in total. The van der Waals surface area contributed by atoms with Crippen molar-refractivity contribution in [2.45, 2.75) is 38.5 Å². The Morgan fingerprint density at radius 3 is 2.23 bits per heavy atom. The predicted molar refractivity (Wildman–Crippen MR) is 106 cm³/mol. The third-order valence-corrected chi connectivity index (χ3v) is 5.39. The molecule has 2 heterocycles. The Morgan fingerprint density at radius 2 is 1.54 bits per heavy atom. The lowest BCUT2D eigenvalue weighted by molar-refractivity contribution is 0.102. The van der Waals surface area contributed by atoms with Crippen LogP contribution in [0.3, 0.4) is 0 Å². The lowest BCUT2D eigenvalue weighted by Crippen LogP contribution is -2.31. The summed E-state index contributed by atoms with van der Waals surface area (Å²) in [6.07, 6.45) is 7.55. The summed E-state index contributed by atoms with van der Waals surface area (Å²) >= 11 is 0. The highest BCUT2D eigenvalue weighted by atomic mass is 16.5. The minimum Gasteiger partial charge on any atom is -0.494 e. The van der Waals surface area contributed by atoms with Crippen molar-refractivity contribution in [2.75, 3.05) is 45.9 Å². The molecule has 3 rings (SSSR count). The molecule has 1 aromatic carbocycles. The molecule has 2 fully saturated rings. The second-order valence-corrected chi connectivity index (χ2v) is 7.54. The quantitative estimate of drug-likeness (QED) is 0.383. The third-order valence-electron chi connectivity index (χ3n) is 5.39. The molecule has 4 heteroatoms. The molecular formula is C22H32N2O2. The van der Waals surface area contributed by atoms with Crippen molar-refractivity contribution < 1.29 is 9.53 Å². The molecule has 26 heavy (non-hydrogen) atoms. The zero-order valence-corrected chi connectivity index (χ0v) is 15.9. The smallest absolute Gasteiger partial charge is 0.189 e. The second kappa shape index (κ2) is 9.89. The third kappa shape index (κ3) is 5.68. The molecule has 0 bridgehead atoms. The first-order valence-electron chi connectivity index (χ1n) is 10.1. The Labute approximate surface area is 157 Å². The standard InChI is InChI=1S/C22H32N2O2/c1-19(18-24-14-5-6-15-24)22(25)20-8-10-21(11-9-20)26-17-7-16-23-12-3-2-4-13-23/h8-11H,1-7,12-18H2. The molecule has 0 saturated carbocycles. The van der Waals surface area contributed by atoms with Crippen molar-refractivity contribution in [2.24, 2.45) is 0 Å². The van der Waals surface area contributed by atoms with Gasteiger partial charge in [-0.3, -0.25) is 9.69 Å². The molecule has 0 aromatic heterocycles. The van der Waals surface area contributed by atoms with Gasteiger partial charge in [-0.15, -0.1) is 0 Å². The Morgan fingerprint density at radius 1 is 0.923 bits per heavy atom. The second-order valence-electron chi connectivity index (χ2n) is 7.54. The number of ether oxygens (including phenoxy) is 1. The fourth-order valence-electron chi connectivity index (χ4n) is 3.85. The van der Waals surface area contributed by atoms with E-state index in [2.05, 4.69) is 16.4 Å². The van der Waals surface area contributed by atoms with Crippen LogP contribution in [0.5, 0.6) is 5.75 Å². The summed E-state index contributed by atoms with van der Waals surface area (Å²) in [5.74, 6) is 0.888. The van der Waals surface area contributed by atoms with Gasteiger partial charge in [0, 0.05) is 24.2 Å². The van der Waals surface area contributed by atoms with E-state index in [-0.39, 0.29) is 5.78 Å². The van der Waals surface area contributed by atoms with Crippen LogP contribution in [0.1, 0.15) is 48.9 Å². The highest BCUT2D eigenvalue weighted by molar-refractivity contribution is 6.08. The number of nitrogens with zero attached hydrogens (tertiary/aromatic N) is 2. The maximum absolute atomic E-state index is 12.5. The SMILES string of the molecule is C=C(CN1CCCC1)C(=O)c1ccc(OCCCN2CCCCC2)cc1. The maximum atomic E-state index is 12.5. The fourth-order valence-corrected chi connectivity index (χ4v) is 3.85. The molecule has 2 aliphatic heterocycles. The molecule has 0 unspecified atom stereocenters. The molecule has 0 radical (unpaired) electrons. The van der Waals surface area contributed by atoms with E-state index in [1.54, 1.807) is 0 Å². The van der Waals surface area contributed by atoms with E-state index in [1.807, 2.05) is 24.3 Å². The van der Waals surface area contributed by atoms with Crippen LogP contribution in [0, 0.1) is 0 Å². The van der Waals surface area contributed by atoms with Gasteiger partial charge in [0.1, 0.15) is 5.75 Å². The van der Waals surface area contributed by atoms with Crippen molar-refractivity contribution in [3.05, 3.63) is 42.0 Å². The van der Waals surface area contributed by atoms with Crippen molar-refractivity contribution in [3.8, 4) is 5.75 Å². The summed E-state index contributed by atoms with van der Waals surface area (Å²) in [5, 5.41) is 0. The Kier molecular flexibility index (Phi) is 7.27. The van der Waals surface area contributed by atoms with Gasteiger partial charge in [0.15, 0.2) is 5.78 Å². The van der Waals surface area contributed by atoms with Crippen LogP contribution in [0.15, 0.2) is 36.4 Å². The Hall–Kier alpha value is -1.65. The van der Waals surface area contributed by atoms with Crippen molar-refractivity contribution in [1.29, 1.82) is 0 Å². The Bertz CT molecular complexity index is 585. The van der Waals surface area contributed by atoms with E-state index in [9.17, 15) is 4.79 Å². The molecule has 0 atom stereocenters. The topological polar surface area (TPSA) is 32.8 Å². The van der Waals surface area contributed by atoms with E-state index >= 15 is 0 Å². The van der Waals surface area contributed by atoms with Crippen molar-refractivity contribution >= 4 is 5.78 Å². The van der Waals surface area contributed by atoms with Crippen LogP contribution >= 0.6 is 0 Å². The van der Waals surface area contributed by atoms with Gasteiger partial charge in [-0.2, -0.15) is 0 Å². The molecular weight excluding hydrogens is 324 g/mol. The minimum atomic E-state index is 0.0496. The van der Waals surface area contributed by atoms with Crippen LogP contribution in [0.2, 0.25) is 0 Å². The fraction of sp³-hybridized carbons (Fsp3) is 0.591. The van der Waals surface area contributed by atoms with Gasteiger partial charge in [-0.25, -0.2) is 0 Å². The van der Waals surface area contributed by atoms with Crippen molar-refractivity contribution in [3.63, 3.8) is 0 Å². The van der Waals surface area contributed by atoms with Gasteiger partial charge in [0.2, 0.25) is 0 Å². The molecule has 1 aromatic rings. The zero-order valence-electron chi connectivity index (χ0n) is 15.9. The van der Waals surface area contributed by atoms with Crippen LogP contribution in [-0.4, -0.2) is 61.5 Å². The van der Waals surface area contributed by atoms with Gasteiger partial charge in [0.05, 0.1) is 6.61 Å². The number of benzene rings is 1. The summed E-state index contributed by atoms with van der Waals surface area (Å²) < 4.78 is 5.83. The number of rotatable bonds is 9. The number of carbonyl (C=O) groups is 1. The molecule has 4 nitrogen and oxygen atoms in total. The highest BCUT2D eigenvalue weighted by Gasteiger charge is 2.17. The first kappa shape index (κ1) is 19.1. The molecule has 2 aliphatic rings. The number of hydrogen-bond acceptors (Lipinski definition) is 4. The van der Waals surface area contributed by atoms with E-state index in [1.165, 1.54) is 45.2 Å². The van der Waals surface area contributed by atoms with E-state index < -0.39 is 0 Å². The van der Waals surface area contributed by atoms with E-state index in [0.29, 0.717) is 17.7 Å². The van der Waals surface area contributed by atoms with Crippen LogP contribution in [-0.2, 0) is 0 Å². The lowest BCUT2D eigenvalue weighted by atomic mass is 10.0. The summed E-state index contributed by atoms with van der Waals surface area (Å²) in [6, 6.07) is 7.52. The normalized spacial score (nSPS) is 18.8. The minimum absolute atomic E-state index is 0.0496. The average Bonchev–Trinajstić information content (AvgIpc) is 3.19. The first-order chi connectivity index (χ1) is 12.7. The number of piperidine rings is 1. The number of carbonyl (C=O) groups excluding carboxylic acids is 1. The van der Waals surface area contributed by atoms with Crippen LogP contribution in [0.4, 0.5) is 0 Å². The summed E-state index contributed by atoms with van der Waals surface area (Å²) in [6.45, 7) is 11.2. The number of Topliss-reactive ketones (excluding diaryl/α,β-unsaturated/α-hetero) is 1. The molecule has 0 spiro atoms. The first-order valence-corrected chi connectivity index (χ1v) is 10.1. The predicted octanol–water partition coefficient (Wildman–Crippen LogP) is 3.78. The lowest BCUT2D eigenvalue weighted by Gasteiger charge is -2.26. The number of hydrogen-bond donors (Lipinski definition) is 0. The van der Waals surface area contributed by atoms with Crippen molar-refractivity contribution in [1.82, 2.24) is 9.80 Å². The monoisotopic (exact) mass is 356 g/mol. The van der Waals surface area contributed by atoms with Gasteiger partial charge in [-0.05, 0) is 82.5 Å². The molecule has 2 saturated heterocycles. The van der Waals surface area contributed by atoms with Gasteiger partial charge in [-0.1, -0.05) is 13.0 Å². The molecule has 0 amide bonds. The molecule has 142 valence electrons. The largest absolute Gasteiger partial charge is 0.494 e. The van der Waals surface area contributed by atoms with E-state index in [0.717, 1.165) is 38.4 Å². The van der Waals surface area contributed by atoms with E-state index in [4.69, 9.17) is 4.74 Å². The maximum Gasteiger partial charge on any atom is 0.189 e. The van der Waals surface area contributed by atoms with Gasteiger partial charge in [0.25, 0.3) is 0 Å². The zero-order chi connectivity index (χ0) is 18.2. The van der Waals surface area contributed by atoms with Gasteiger partial charge < -0.3 is 9.64 Å². The summed E-state index contributed by atoms with van der Waals surface area (Å²) in [5.41, 5.74) is 1.39. The van der Waals surface area contributed by atoms with Crippen LogP contribution in [0.25, 0.3) is 0 Å². The number of likely N-dealkylation sites (tertiary alicyclic amines) is 2. The number of ketones is 1. The average molecular weight is 357 g/mol. The molecule has 0 aliphatic carbocycles. The van der Waals surface area contributed by atoms with Gasteiger partial charge >= 0.3 is 0 Å². The van der Waals surface area contributed by atoms with Crippen LogP contribution < -0.4 is 4.74 Å². The Balaban J connectivity index is 1.39.